The summed E-state index contributed by atoms with van der Waals surface area (Å²) in [5, 5.41) is 0. The van der Waals surface area contributed by atoms with E-state index < -0.39 is 0 Å². The summed E-state index contributed by atoms with van der Waals surface area (Å²) in [5.41, 5.74) is 24.2. The second-order valence-electron chi connectivity index (χ2n) is 19.8. The van der Waals surface area contributed by atoms with Gasteiger partial charge in [0.25, 0.3) is 0 Å². The van der Waals surface area contributed by atoms with Crippen LogP contribution in [0.1, 0.15) is 51.0 Å². The summed E-state index contributed by atoms with van der Waals surface area (Å²) in [6.07, 6.45) is 13.3. The molecule has 0 spiro atoms. The molecule has 1 aliphatic carbocycles. The highest BCUT2D eigenvalue weighted by atomic mass is 14.7. The molecule has 0 amide bonds. The van der Waals surface area contributed by atoms with Crippen LogP contribution in [0.15, 0.2) is 255 Å². The van der Waals surface area contributed by atoms with Crippen molar-refractivity contribution in [1.29, 1.82) is 0 Å². The molecule has 3 heterocycles. The minimum atomic E-state index is 0.247. The molecular weight excluding hydrogens is 895 g/mol. The van der Waals surface area contributed by atoms with Gasteiger partial charge in [0.15, 0.2) is 0 Å². The minimum absolute atomic E-state index is 0.247. The highest BCUT2D eigenvalue weighted by Crippen LogP contribution is 2.47. The Morgan fingerprint density at radius 1 is 0.297 bits per heavy atom. The van der Waals surface area contributed by atoms with Crippen molar-refractivity contribution in [3.63, 3.8) is 0 Å². The third-order valence-corrected chi connectivity index (χ3v) is 15.3. The van der Waals surface area contributed by atoms with E-state index in [1.54, 1.807) is 0 Å². The van der Waals surface area contributed by atoms with Crippen molar-refractivity contribution in [1.82, 2.24) is 15.0 Å². The normalized spacial score (nSPS) is 12.9. The SMILES string of the molecule is CCCC1(c2ccnc(-c3ccc(-c4ccccc4-c4cc(-c5ccccc5-c5ccc(-c6ccccn6)cc5)cc(-c5ccccc5-c5ccc(-c6ccccn6)cc5)c4)c(-c4ccccc4)c3)c2)CCCC1. The fourth-order valence-electron chi connectivity index (χ4n) is 11.7. The summed E-state index contributed by atoms with van der Waals surface area (Å²) in [6, 6.07) is 86.1. The van der Waals surface area contributed by atoms with Crippen LogP contribution in [0.5, 0.6) is 0 Å². The summed E-state index contributed by atoms with van der Waals surface area (Å²) in [6.45, 7) is 2.33. The largest absolute Gasteiger partial charge is 0.256 e. The highest BCUT2D eigenvalue weighted by molar-refractivity contribution is 5.97. The average Bonchev–Trinajstić information content (AvgIpc) is 3.97. The van der Waals surface area contributed by atoms with E-state index in [-0.39, 0.29) is 5.41 Å². The van der Waals surface area contributed by atoms with Gasteiger partial charge < -0.3 is 0 Å². The van der Waals surface area contributed by atoms with Gasteiger partial charge in [0.1, 0.15) is 0 Å². The van der Waals surface area contributed by atoms with Crippen LogP contribution in [-0.4, -0.2) is 15.0 Å². The van der Waals surface area contributed by atoms with E-state index in [0.29, 0.717) is 0 Å². The van der Waals surface area contributed by atoms with Gasteiger partial charge in [-0.1, -0.05) is 202 Å². The fourth-order valence-corrected chi connectivity index (χ4v) is 11.7. The first-order chi connectivity index (χ1) is 36.6. The first-order valence-electron chi connectivity index (χ1n) is 26.2. The fraction of sp³-hybridized carbons (Fsp3) is 0.113. The van der Waals surface area contributed by atoms with Crippen LogP contribution in [-0.2, 0) is 5.41 Å². The molecule has 74 heavy (non-hydrogen) atoms. The maximum Gasteiger partial charge on any atom is 0.0705 e. The topological polar surface area (TPSA) is 38.7 Å². The Kier molecular flexibility index (Phi) is 13.0. The molecular formula is C71H57N3. The molecule has 11 aromatic rings. The van der Waals surface area contributed by atoms with Gasteiger partial charge in [-0.3, -0.25) is 15.0 Å². The van der Waals surface area contributed by atoms with Crippen molar-refractivity contribution < 1.29 is 0 Å². The molecule has 0 N–H and O–H groups in total. The lowest BCUT2D eigenvalue weighted by Crippen LogP contribution is -2.21. The molecule has 0 unspecified atom stereocenters. The van der Waals surface area contributed by atoms with Crippen LogP contribution >= 0.6 is 0 Å². The van der Waals surface area contributed by atoms with Crippen molar-refractivity contribution in [2.75, 3.05) is 0 Å². The van der Waals surface area contributed by atoms with Crippen LogP contribution in [0.25, 0.3) is 112 Å². The van der Waals surface area contributed by atoms with E-state index >= 15 is 0 Å². The van der Waals surface area contributed by atoms with Gasteiger partial charge in [-0.2, -0.15) is 0 Å². The van der Waals surface area contributed by atoms with Gasteiger partial charge in [0.2, 0.25) is 0 Å². The minimum Gasteiger partial charge on any atom is -0.256 e. The lowest BCUT2D eigenvalue weighted by atomic mass is 9.75. The van der Waals surface area contributed by atoms with E-state index in [1.165, 1.54) is 88.6 Å². The van der Waals surface area contributed by atoms with Gasteiger partial charge >= 0.3 is 0 Å². The summed E-state index contributed by atoms with van der Waals surface area (Å²) in [7, 11) is 0. The maximum atomic E-state index is 5.04. The number of nitrogens with zero attached hydrogens (tertiary/aromatic N) is 3. The third kappa shape index (κ3) is 9.30. The van der Waals surface area contributed by atoms with Crippen molar-refractivity contribution in [2.24, 2.45) is 0 Å². The van der Waals surface area contributed by atoms with E-state index in [9.17, 15) is 0 Å². The molecule has 0 aliphatic heterocycles. The maximum absolute atomic E-state index is 5.04. The zero-order valence-electron chi connectivity index (χ0n) is 41.8. The van der Waals surface area contributed by atoms with Crippen molar-refractivity contribution in [2.45, 2.75) is 50.9 Å². The average molecular weight is 952 g/mol. The monoisotopic (exact) mass is 951 g/mol. The zero-order valence-corrected chi connectivity index (χ0v) is 41.8. The lowest BCUT2D eigenvalue weighted by molar-refractivity contribution is 0.400. The van der Waals surface area contributed by atoms with E-state index in [4.69, 9.17) is 4.98 Å². The van der Waals surface area contributed by atoms with Gasteiger partial charge in [0, 0.05) is 35.3 Å². The molecule has 0 saturated heterocycles. The van der Waals surface area contributed by atoms with Crippen molar-refractivity contribution in [3.8, 4) is 112 Å². The Morgan fingerprint density at radius 3 is 1.20 bits per heavy atom. The molecule has 0 bridgehead atoms. The molecule has 1 saturated carbocycles. The van der Waals surface area contributed by atoms with Crippen LogP contribution in [0.4, 0.5) is 0 Å². The molecule has 3 heteroatoms. The van der Waals surface area contributed by atoms with Gasteiger partial charge in [-0.05, 0) is 169 Å². The molecule has 0 atom stereocenters. The number of hydrogen-bond donors (Lipinski definition) is 0. The van der Waals surface area contributed by atoms with Gasteiger partial charge in [-0.25, -0.2) is 0 Å². The number of hydrogen-bond acceptors (Lipinski definition) is 3. The van der Waals surface area contributed by atoms with Crippen LogP contribution in [0, 0.1) is 0 Å². The van der Waals surface area contributed by atoms with Crippen LogP contribution in [0.3, 0.4) is 0 Å². The first-order valence-corrected chi connectivity index (χ1v) is 26.2. The smallest absolute Gasteiger partial charge is 0.0705 e. The predicted octanol–water partition coefficient (Wildman–Crippen LogP) is 19.2. The number of aromatic nitrogens is 3. The van der Waals surface area contributed by atoms with Crippen molar-refractivity contribution in [3.05, 3.63) is 261 Å². The molecule has 0 radical (unpaired) electrons. The zero-order chi connectivity index (χ0) is 49.7. The summed E-state index contributed by atoms with van der Waals surface area (Å²) >= 11 is 0. The molecule has 1 aliphatic rings. The second-order valence-corrected chi connectivity index (χ2v) is 19.8. The predicted molar refractivity (Wildman–Crippen MR) is 309 cm³/mol. The van der Waals surface area contributed by atoms with Gasteiger partial charge in [0.05, 0.1) is 17.1 Å². The quantitative estimate of drug-likeness (QED) is 0.116. The molecule has 8 aromatic carbocycles. The molecule has 356 valence electrons. The van der Waals surface area contributed by atoms with E-state index in [1.807, 2.05) is 42.9 Å². The standard InChI is InChI=1S/C71H57N3/c1-2-39-71(40-14-15-41-71)59-38-44-74-70(49-59)55-36-37-66(67(48-55)50-18-4-3-5-19-50)65-25-11-10-24-64(65)58-46-56(62-22-8-6-20-60(62)51-28-32-53(33-29-51)68-26-12-16-42-72-68)45-57(47-58)63-23-9-7-21-61(63)52-30-34-54(35-31-52)69-27-13-17-43-73-69/h3-13,16-38,42-49H,2,14-15,39-41H2,1H3. The molecule has 1 fully saturated rings. The van der Waals surface area contributed by atoms with Crippen LogP contribution in [0.2, 0.25) is 0 Å². The Hall–Kier alpha value is -8.79. The Balaban J connectivity index is 1.02. The van der Waals surface area contributed by atoms with Crippen LogP contribution < -0.4 is 0 Å². The summed E-state index contributed by atoms with van der Waals surface area (Å²) in [5.74, 6) is 0. The second kappa shape index (κ2) is 20.7. The summed E-state index contributed by atoms with van der Waals surface area (Å²) < 4.78 is 0. The Labute approximate surface area is 436 Å². The highest BCUT2D eigenvalue weighted by Gasteiger charge is 2.35. The molecule has 3 aromatic heterocycles. The lowest BCUT2D eigenvalue weighted by Gasteiger charge is -2.29. The Morgan fingerprint density at radius 2 is 0.703 bits per heavy atom. The number of rotatable bonds is 13. The van der Waals surface area contributed by atoms with E-state index in [0.717, 1.165) is 67.2 Å². The number of benzene rings is 8. The van der Waals surface area contributed by atoms with E-state index in [2.05, 4.69) is 229 Å². The Bertz CT molecular complexity index is 3560. The summed E-state index contributed by atoms with van der Waals surface area (Å²) in [4.78, 5) is 14.3. The van der Waals surface area contributed by atoms with Gasteiger partial charge in [-0.15, -0.1) is 0 Å². The van der Waals surface area contributed by atoms with Crippen molar-refractivity contribution >= 4 is 0 Å². The third-order valence-electron chi connectivity index (χ3n) is 15.3. The first kappa shape index (κ1) is 46.3. The molecule has 3 nitrogen and oxygen atoms in total. The molecule has 12 rings (SSSR count). The number of pyridine rings is 3.